The molecule has 3 aliphatic rings. The van der Waals surface area contributed by atoms with Gasteiger partial charge in [-0.2, -0.15) is 0 Å². The summed E-state index contributed by atoms with van der Waals surface area (Å²) in [6.45, 7) is 9.03. The summed E-state index contributed by atoms with van der Waals surface area (Å²) in [4.78, 5) is 56.9. The van der Waals surface area contributed by atoms with Crippen LogP contribution in [0.4, 0.5) is 5.69 Å². The summed E-state index contributed by atoms with van der Waals surface area (Å²) in [6.07, 6.45) is 3.82. The number of carbonyl (C=O) groups excluding carboxylic acids is 4. The molecule has 228 valence electrons. The number of anilines is 1. The lowest BCUT2D eigenvalue weighted by Gasteiger charge is -2.36. The van der Waals surface area contributed by atoms with Gasteiger partial charge in [0.2, 0.25) is 11.8 Å². The van der Waals surface area contributed by atoms with Crippen LogP contribution in [0.15, 0.2) is 67.8 Å². The molecule has 2 aromatic carbocycles. The number of allylic oxidation sites excluding steroid dienone is 1. The lowest BCUT2D eigenvalue weighted by Crippen LogP contribution is -2.56. The third-order valence-electron chi connectivity index (χ3n) is 8.75. The van der Waals surface area contributed by atoms with Crippen molar-refractivity contribution in [3.63, 3.8) is 0 Å². The predicted molar refractivity (Wildman–Crippen MR) is 161 cm³/mol. The number of fused-ring (bicyclic) bond motifs is 2. The number of carbonyl (C=O) groups is 4. The van der Waals surface area contributed by atoms with Gasteiger partial charge in [0.25, 0.3) is 5.91 Å². The second-order valence-corrected chi connectivity index (χ2v) is 11.5. The smallest absolute Gasteiger partial charge is 0.312 e. The van der Waals surface area contributed by atoms with Gasteiger partial charge in [0.1, 0.15) is 17.7 Å². The van der Waals surface area contributed by atoms with Gasteiger partial charge in [0, 0.05) is 25.2 Å². The minimum absolute atomic E-state index is 0.0733. The minimum atomic E-state index is -1.23. The van der Waals surface area contributed by atoms with E-state index in [9.17, 15) is 24.3 Å². The Hall–Kier alpha value is -4.02. The average molecular weight is 590 g/mol. The molecule has 5 rings (SSSR count). The summed E-state index contributed by atoms with van der Waals surface area (Å²) in [5.74, 6) is -3.34. The molecular formula is C33H39N3O7. The molecule has 3 aliphatic heterocycles. The topological polar surface area (TPSA) is 125 Å². The van der Waals surface area contributed by atoms with E-state index in [0.717, 1.165) is 10.8 Å². The van der Waals surface area contributed by atoms with Crippen LogP contribution >= 0.6 is 0 Å². The first-order chi connectivity index (χ1) is 20.7. The second-order valence-electron chi connectivity index (χ2n) is 11.5. The second kappa shape index (κ2) is 12.7. The van der Waals surface area contributed by atoms with E-state index in [4.69, 9.17) is 9.47 Å². The molecule has 10 nitrogen and oxygen atoms in total. The summed E-state index contributed by atoms with van der Waals surface area (Å²) < 4.78 is 12.2. The highest BCUT2D eigenvalue weighted by atomic mass is 16.6. The Morgan fingerprint density at radius 1 is 1.21 bits per heavy atom. The van der Waals surface area contributed by atoms with Gasteiger partial charge < -0.3 is 29.7 Å². The molecule has 0 aliphatic carbocycles. The van der Waals surface area contributed by atoms with Gasteiger partial charge in [-0.25, -0.2) is 0 Å². The summed E-state index contributed by atoms with van der Waals surface area (Å²) in [5, 5.41) is 14.6. The summed E-state index contributed by atoms with van der Waals surface area (Å²) >= 11 is 0. The zero-order valence-electron chi connectivity index (χ0n) is 24.4. The van der Waals surface area contributed by atoms with Gasteiger partial charge in [0.05, 0.1) is 31.1 Å². The third-order valence-corrected chi connectivity index (χ3v) is 8.75. The normalized spacial score (nSPS) is 26.2. The number of nitrogens with zero attached hydrogens (tertiary/aromatic N) is 2. The van der Waals surface area contributed by atoms with E-state index in [1.165, 1.54) is 4.90 Å². The number of rotatable bonds is 13. The number of ether oxygens (including phenoxy) is 2. The standard InChI is InChI=1S/C33H39N3O7/c1-4-6-11-26(38)34-20-21(3)42-32(41)27-25-14-15-33(43-25)28(27)30(39)36(17-18-37)29(33)31(40)35(16-5-2)24-13-12-22-9-7-8-10-23(22)19-24/h4-5,7-10,12-13,19,21,25,27-29,37H,1-2,6,11,14-18,20H2,3H3,(H,34,38)/t21-,25+,27-,28-,29+,33-/m1/s1. The van der Waals surface area contributed by atoms with Crippen LogP contribution < -0.4 is 10.2 Å². The average Bonchev–Trinajstić information content (AvgIpc) is 3.65. The molecule has 6 atom stereocenters. The summed E-state index contributed by atoms with van der Waals surface area (Å²) in [5.41, 5.74) is -0.580. The summed E-state index contributed by atoms with van der Waals surface area (Å²) in [7, 11) is 0. The molecular weight excluding hydrogens is 550 g/mol. The van der Waals surface area contributed by atoms with Crippen LogP contribution in [0.1, 0.15) is 32.6 Å². The fourth-order valence-electron chi connectivity index (χ4n) is 6.89. The lowest BCUT2D eigenvalue weighted by atomic mass is 9.70. The first kappa shape index (κ1) is 30.4. The number of aliphatic hydroxyl groups is 1. The minimum Gasteiger partial charge on any atom is -0.460 e. The Morgan fingerprint density at radius 2 is 1.98 bits per heavy atom. The first-order valence-electron chi connectivity index (χ1n) is 14.8. The fraction of sp³-hybridized carbons (Fsp3) is 0.455. The van der Waals surface area contributed by atoms with Crippen molar-refractivity contribution < 1.29 is 33.8 Å². The van der Waals surface area contributed by atoms with Crippen LogP contribution in [0, 0.1) is 11.8 Å². The number of amides is 3. The maximum atomic E-state index is 14.5. The number of aliphatic hydroxyl groups excluding tert-OH is 1. The molecule has 0 saturated carbocycles. The largest absolute Gasteiger partial charge is 0.460 e. The van der Waals surface area contributed by atoms with Crippen LogP contribution in [0.5, 0.6) is 0 Å². The number of esters is 1. The molecule has 2 bridgehead atoms. The van der Waals surface area contributed by atoms with Gasteiger partial charge in [-0.05, 0) is 49.1 Å². The van der Waals surface area contributed by atoms with E-state index in [1.54, 1.807) is 24.0 Å². The molecule has 3 fully saturated rings. The Labute approximate surface area is 251 Å². The van der Waals surface area contributed by atoms with Crippen LogP contribution in [0.2, 0.25) is 0 Å². The molecule has 0 radical (unpaired) electrons. The molecule has 43 heavy (non-hydrogen) atoms. The van der Waals surface area contributed by atoms with Crippen molar-refractivity contribution in [1.29, 1.82) is 0 Å². The number of likely N-dealkylation sites (tertiary alicyclic amines) is 1. The number of benzene rings is 2. The molecule has 0 aromatic heterocycles. The highest BCUT2D eigenvalue weighted by molar-refractivity contribution is 6.05. The van der Waals surface area contributed by atoms with Crippen molar-refractivity contribution >= 4 is 40.2 Å². The lowest BCUT2D eigenvalue weighted by molar-refractivity contribution is -0.159. The maximum absolute atomic E-state index is 14.5. The molecule has 2 N–H and O–H groups in total. The zero-order valence-corrected chi connectivity index (χ0v) is 24.4. The van der Waals surface area contributed by atoms with Gasteiger partial charge in [-0.15, -0.1) is 13.2 Å². The van der Waals surface area contributed by atoms with Gasteiger partial charge in [-0.1, -0.05) is 42.5 Å². The number of hydrogen-bond donors (Lipinski definition) is 2. The van der Waals surface area contributed by atoms with Crippen molar-refractivity contribution in [3.8, 4) is 0 Å². The molecule has 3 heterocycles. The number of nitrogens with one attached hydrogen (secondary N) is 1. The van der Waals surface area contributed by atoms with E-state index in [0.29, 0.717) is 31.4 Å². The van der Waals surface area contributed by atoms with E-state index < -0.39 is 47.6 Å². The van der Waals surface area contributed by atoms with Crippen molar-refractivity contribution in [2.75, 3.05) is 31.1 Å². The Bertz CT molecular complexity index is 1430. The third kappa shape index (κ3) is 5.57. The highest BCUT2D eigenvalue weighted by Crippen LogP contribution is 2.59. The predicted octanol–water partition coefficient (Wildman–Crippen LogP) is 2.74. The Balaban J connectivity index is 1.40. The van der Waals surface area contributed by atoms with Crippen LogP contribution in [-0.4, -0.2) is 83.8 Å². The van der Waals surface area contributed by atoms with Crippen molar-refractivity contribution in [2.45, 2.75) is 56.5 Å². The van der Waals surface area contributed by atoms with Gasteiger partial charge in [-0.3, -0.25) is 19.2 Å². The Morgan fingerprint density at radius 3 is 2.70 bits per heavy atom. The summed E-state index contributed by atoms with van der Waals surface area (Å²) in [6, 6.07) is 12.5. The zero-order chi connectivity index (χ0) is 30.7. The van der Waals surface area contributed by atoms with Gasteiger partial charge in [0.15, 0.2) is 0 Å². The first-order valence-corrected chi connectivity index (χ1v) is 14.8. The monoisotopic (exact) mass is 589 g/mol. The van der Waals surface area contributed by atoms with E-state index in [2.05, 4.69) is 18.5 Å². The van der Waals surface area contributed by atoms with Crippen LogP contribution in [0.3, 0.4) is 0 Å². The molecule has 3 amide bonds. The molecule has 0 unspecified atom stereocenters. The van der Waals surface area contributed by atoms with Crippen LogP contribution in [0.25, 0.3) is 10.8 Å². The van der Waals surface area contributed by atoms with Gasteiger partial charge >= 0.3 is 5.97 Å². The maximum Gasteiger partial charge on any atom is 0.312 e. The van der Waals surface area contributed by atoms with Crippen molar-refractivity contribution in [1.82, 2.24) is 10.2 Å². The molecule has 1 spiro atoms. The molecule has 2 aromatic rings. The SMILES string of the molecule is C=CCCC(=O)NC[C@@H](C)OC(=O)[C@@H]1[C@@H]2CC[C@]3(O2)[C@H](C(=O)N(CC=C)c2ccc4ccccc4c2)N(CCO)C(=O)[C@@H]13. The van der Waals surface area contributed by atoms with Crippen LogP contribution in [-0.2, 0) is 28.7 Å². The highest BCUT2D eigenvalue weighted by Gasteiger charge is 2.75. The fourth-order valence-corrected chi connectivity index (χ4v) is 6.89. The van der Waals surface area contributed by atoms with Crippen molar-refractivity contribution in [2.24, 2.45) is 11.8 Å². The Kier molecular flexibility index (Phi) is 8.98. The molecule has 10 heteroatoms. The number of hydrogen-bond acceptors (Lipinski definition) is 7. The quantitative estimate of drug-likeness (QED) is 0.272. The van der Waals surface area contributed by atoms with E-state index >= 15 is 0 Å². The number of β-amino-alcohol motifs (C(OH)–C–C–N with tert-alkyl or cyclic N) is 1. The molecule has 3 saturated heterocycles. The van der Waals surface area contributed by atoms with E-state index in [1.807, 2.05) is 42.5 Å². The van der Waals surface area contributed by atoms with Crippen molar-refractivity contribution in [3.05, 3.63) is 67.8 Å². The van der Waals surface area contributed by atoms with E-state index in [-0.39, 0.29) is 38.1 Å².